The monoisotopic (exact) mass is 468 g/mol. The van der Waals surface area contributed by atoms with Crippen molar-refractivity contribution in [3.05, 3.63) is 84.2 Å². The zero-order chi connectivity index (χ0) is 24.4. The van der Waals surface area contributed by atoms with E-state index in [-0.39, 0.29) is 18.4 Å². The standard InChI is InChI=1S/C28H28N4O3/c1-3-22(32-24-11-7-8-12-25(24)35-18-27(32)33)28(34)29-20-14-15-23-21(17-20)30-26(31(23)2)16-13-19-9-5-4-6-10-19/h4-12,14-15,17,22H,3,13,16,18H2,1-2H3,(H,29,34)/t22-/m0/s1. The van der Waals surface area contributed by atoms with Crippen LogP contribution in [0.2, 0.25) is 0 Å². The number of imidazole rings is 1. The van der Waals surface area contributed by atoms with Crippen LogP contribution in [0.1, 0.15) is 24.7 Å². The van der Waals surface area contributed by atoms with Crippen LogP contribution in [-0.4, -0.2) is 34.0 Å². The predicted molar refractivity (Wildman–Crippen MR) is 137 cm³/mol. The van der Waals surface area contributed by atoms with Crippen molar-refractivity contribution < 1.29 is 14.3 Å². The van der Waals surface area contributed by atoms with E-state index in [0.29, 0.717) is 23.5 Å². The Morgan fingerprint density at radius 1 is 1.06 bits per heavy atom. The first-order valence-corrected chi connectivity index (χ1v) is 11.9. The van der Waals surface area contributed by atoms with Crippen molar-refractivity contribution >= 4 is 34.2 Å². The number of hydrogen-bond donors (Lipinski definition) is 1. The third kappa shape index (κ3) is 4.49. The van der Waals surface area contributed by atoms with Crippen molar-refractivity contribution in [2.24, 2.45) is 7.05 Å². The number of benzene rings is 3. The fourth-order valence-corrected chi connectivity index (χ4v) is 4.63. The summed E-state index contributed by atoms with van der Waals surface area (Å²) in [6.45, 7) is 1.82. The van der Waals surface area contributed by atoms with Crippen LogP contribution < -0.4 is 15.0 Å². The number of nitrogens with zero attached hydrogens (tertiary/aromatic N) is 3. The molecule has 1 aliphatic rings. The van der Waals surface area contributed by atoms with Crippen LogP contribution in [0.15, 0.2) is 72.8 Å². The second-order valence-electron chi connectivity index (χ2n) is 8.71. The molecular formula is C28H28N4O3. The number of fused-ring (bicyclic) bond motifs is 2. The molecule has 7 heteroatoms. The lowest BCUT2D eigenvalue weighted by atomic mass is 10.1. The molecule has 5 rings (SSSR count). The van der Waals surface area contributed by atoms with E-state index >= 15 is 0 Å². The number of hydrogen-bond acceptors (Lipinski definition) is 4. The number of carbonyl (C=O) groups excluding carboxylic acids is 2. The van der Waals surface area contributed by atoms with Gasteiger partial charge in [-0.15, -0.1) is 0 Å². The average Bonchev–Trinajstić information content (AvgIpc) is 3.19. The molecule has 0 saturated carbocycles. The molecule has 0 unspecified atom stereocenters. The zero-order valence-corrected chi connectivity index (χ0v) is 19.9. The van der Waals surface area contributed by atoms with E-state index in [4.69, 9.17) is 9.72 Å². The van der Waals surface area contributed by atoms with Crippen LogP contribution in [0.25, 0.3) is 11.0 Å². The Balaban J connectivity index is 1.35. The van der Waals surface area contributed by atoms with Gasteiger partial charge < -0.3 is 14.6 Å². The molecule has 0 radical (unpaired) electrons. The number of para-hydroxylation sites is 2. The Morgan fingerprint density at radius 3 is 2.63 bits per heavy atom. The molecule has 3 aromatic carbocycles. The lowest BCUT2D eigenvalue weighted by molar-refractivity contribution is -0.125. The minimum Gasteiger partial charge on any atom is -0.482 e. The summed E-state index contributed by atoms with van der Waals surface area (Å²) in [4.78, 5) is 32.4. The van der Waals surface area contributed by atoms with E-state index in [0.717, 1.165) is 29.7 Å². The summed E-state index contributed by atoms with van der Waals surface area (Å²) in [5.74, 6) is 1.14. The van der Waals surface area contributed by atoms with Gasteiger partial charge in [-0.05, 0) is 48.7 Å². The first-order valence-electron chi connectivity index (χ1n) is 11.9. The quantitative estimate of drug-likeness (QED) is 0.433. The molecule has 0 saturated heterocycles. The van der Waals surface area contributed by atoms with E-state index in [2.05, 4.69) is 22.0 Å². The molecule has 35 heavy (non-hydrogen) atoms. The van der Waals surface area contributed by atoms with Gasteiger partial charge in [-0.25, -0.2) is 4.98 Å². The molecule has 7 nitrogen and oxygen atoms in total. The maximum atomic E-state index is 13.3. The molecule has 2 heterocycles. The predicted octanol–water partition coefficient (Wildman–Crippen LogP) is 4.50. The molecule has 0 fully saturated rings. The maximum Gasteiger partial charge on any atom is 0.265 e. The third-order valence-electron chi connectivity index (χ3n) is 6.47. The van der Waals surface area contributed by atoms with Crippen molar-refractivity contribution in [3.8, 4) is 5.75 Å². The highest BCUT2D eigenvalue weighted by molar-refractivity contribution is 6.07. The smallest absolute Gasteiger partial charge is 0.265 e. The van der Waals surface area contributed by atoms with E-state index < -0.39 is 6.04 Å². The van der Waals surface area contributed by atoms with Crippen molar-refractivity contribution in [1.82, 2.24) is 9.55 Å². The van der Waals surface area contributed by atoms with Gasteiger partial charge in [0.05, 0.1) is 16.7 Å². The maximum absolute atomic E-state index is 13.3. The fraction of sp³-hybridized carbons (Fsp3) is 0.250. The lowest BCUT2D eigenvalue weighted by Crippen LogP contribution is -2.51. The normalized spacial score (nSPS) is 13.9. The van der Waals surface area contributed by atoms with E-state index in [1.807, 2.05) is 68.6 Å². The average molecular weight is 469 g/mol. The molecule has 1 aliphatic heterocycles. The molecule has 0 spiro atoms. The van der Waals surface area contributed by atoms with Gasteiger partial charge in [0.1, 0.15) is 17.6 Å². The Morgan fingerprint density at radius 2 is 1.83 bits per heavy atom. The van der Waals surface area contributed by atoms with Crippen molar-refractivity contribution in [1.29, 1.82) is 0 Å². The topological polar surface area (TPSA) is 76.5 Å². The summed E-state index contributed by atoms with van der Waals surface area (Å²) < 4.78 is 7.63. The van der Waals surface area contributed by atoms with Gasteiger partial charge in [0, 0.05) is 19.2 Å². The van der Waals surface area contributed by atoms with Crippen molar-refractivity contribution in [3.63, 3.8) is 0 Å². The minimum atomic E-state index is -0.645. The highest BCUT2D eigenvalue weighted by Gasteiger charge is 2.34. The summed E-state index contributed by atoms with van der Waals surface area (Å²) in [5, 5.41) is 3.00. The Kier molecular flexibility index (Phi) is 6.23. The summed E-state index contributed by atoms with van der Waals surface area (Å²) in [7, 11) is 2.02. The van der Waals surface area contributed by atoms with E-state index in [1.165, 1.54) is 5.56 Å². The Hall–Kier alpha value is -4.13. The van der Waals surface area contributed by atoms with Gasteiger partial charge in [-0.3, -0.25) is 14.5 Å². The first kappa shape index (κ1) is 22.7. The largest absolute Gasteiger partial charge is 0.482 e. The number of aryl methyl sites for hydroxylation is 3. The molecule has 0 bridgehead atoms. The Bertz CT molecular complexity index is 1380. The van der Waals surface area contributed by atoms with Crippen molar-refractivity contribution in [2.75, 3.05) is 16.8 Å². The van der Waals surface area contributed by atoms with Gasteiger partial charge in [-0.1, -0.05) is 49.4 Å². The number of carbonyl (C=O) groups is 2. The highest BCUT2D eigenvalue weighted by atomic mass is 16.5. The van der Waals surface area contributed by atoms with Gasteiger partial charge in [0.25, 0.3) is 5.91 Å². The number of aromatic nitrogens is 2. The van der Waals surface area contributed by atoms with Crippen LogP contribution in [-0.2, 0) is 29.5 Å². The molecule has 1 N–H and O–H groups in total. The first-order chi connectivity index (χ1) is 17.0. The van der Waals surface area contributed by atoms with Crippen LogP contribution in [0.4, 0.5) is 11.4 Å². The third-order valence-corrected chi connectivity index (χ3v) is 6.47. The number of amides is 2. The van der Waals surface area contributed by atoms with Gasteiger partial charge in [-0.2, -0.15) is 0 Å². The number of anilines is 2. The van der Waals surface area contributed by atoms with Crippen LogP contribution in [0.5, 0.6) is 5.75 Å². The summed E-state index contributed by atoms with van der Waals surface area (Å²) >= 11 is 0. The summed E-state index contributed by atoms with van der Waals surface area (Å²) in [6.07, 6.45) is 2.21. The van der Waals surface area contributed by atoms with Crippen LogP contribution in [0, 0.1) is 0 Å². The number of ether oxygens (including phenoxy) is 1. The van der Waals surface area contributed by atoms with Crippen LogP contribution >= 0.6 is 0 Å². The highest BCUT2D eigenvalue weighted by Crippen LogP contribution is 2.34. The molecule has 4 aromatic rings. The van der Waals surface area contributed by atoms with Crippen molar-refractivity contribution in [2.45, 2.75) is 32.2 Å². The molecule has 1 atom stereocenters. The second-order valence-corrected chi connectivity index (χ2v) is 8.71. The second kappa shape index (κ2) is 9.62. The Labute approximate surface area is 204 Å². The zero-order valence-electron chi connectivity index (χ0n) is 19.9. The SMILES string of the molecule is CC[C@@H](C(=O)Nc1ccc2c(c1)nc(CCc1ccccc1)n2C)N1C(=O)COc2ccccc21. The molecular weight excluding hydrogens is 440 g/mol. The molecule has 1 aromatic heterocycles. The van der Waals surface area contributed by atoms with Gasteiger partial charge in [0.15, 0.2) is 6.61 Å². The number of nitrogens with one attached hydrogen (secondary N) is 1. The summed E-state index contributed by atoms with van der Waals surface area (Å²) in [5.41, 5.74) is 4.39. The van der Waals surface area contributed by atoms with Crippen LogP contribution in [0.3, 0.4) is 0 Å². The van der Waals surface area contributed by atoms with Gasteiger partial charge >= 0.3 is 0 Å². The lowest BCUT2D eigenvalue weighted by Gasteiger charge is -2.34. The van der Waals surface area contributed by atoms with Gasteiger partial charge in [0.2, 0.25) is 5.91 Å². The number of rotatable bonds is 7. The fourth-order valence-electron chi connectivity index (χ4n) is 4.63. The minimum absolute atomic E-state index is 0.0769. The van der Waals surface area contributed by atoms with E-state index in [1.54, 1.807) is 11.0 Å². The molecule has 0 aliphatic carbocycles. The van der Waals surface area contributed by atoms with E-state index in [9.17, 15) is 9.59 Å². The molecule has 178 valence electrons. The summed E-state index contributed by atoms with van der Waals surface area (Å²) in [6, 6.07) is 22.8. The molecule has 2 amide bonds.